The van der Waals surface area contributed by atoms with E-state index in [0.29, 0.717) is 5.82 Å². The smallest absolute Gasteiger partial charge is 0.151 e. The van der Waals surface area contributed by atoms with Crippen LogP contribution in [0.1, 0.15) is 19.8 Å². The summed E-state index contributed by atoms with van der Waals surface area (Å²) >= 11 is 0. The van der Waals surface area contributed by atoms with Crippen LogP contribution in [0.2, 0.25) is 0 Å². The number of aromatic nitrogens is 2. The number of anilines is 2. The maximum Gasteiger partial charge on any atom is 0.151 e. The number of hydrogen-bond acceptors (Lipinski definition) is 5. The third kappa shape index (κ3) is 2.24. The third-order valence-corrected chi connectivity index (χ3v) is 3.47. The van der Waals surface area contributed by atoms with Gasteiger partial charge >= 0.3 is 0 Å². The molecule has 1 fully saturated rings. The quantitative estimate of drug-likeness (QED) is 0.767. The molecule has 0 aromatic carbocycles. The minimum absolute atomic E-state index is 0.262. The Bertz CT molecular complexity index is 340. The average Bonchev–Trinajstić information content (AvgIpc) is 2.32. The van der Waals surface area contributed by atoms with Gasteiger partial charge < -0.3 is 16.0 Å². The van der Waals surface area contributed by atoms with E-state index in [0.717, 1.165) is 31.7 Å². The molecule has 1 aromatic heterocycles. The van der Waals surface area contributed by atoms with Gasteiger partial charge in [0.25, 0.3) is 0 Å². The van der Waals surface area contributed by atoms with Crippen LogP contribution in [-0.2, 0) is 0 Å². The van der Waals surface area contributed by atoms with Crippen LogP contribution in [0.5, 0.6) is 0 Å². The summed E-state index contributed by atoms with van der Waals surface area (Å²) in [4.78, 5) is 2.26. The molecule has 0 radical (unpaired) electrons. The Morgan fingerprint density at radius 1 is 1.31 bits per heavy atom. The summed E-state index contributed by atoms with van der Waals surface area (Å²) in [6, 6.07) is 3.73. The van der Waals surface area contributed by atoms with Crippen molar-refractivity contribution in [1.29, 1.82) is 0 Å². The first-order valence-corrected chi connectivity index (χ1v) is 5.66. The van der Waals surface area contributed by atoms with E-state index in [9.17, 15) is 0 Å². The topological polar surface area (TPSA) is 67.1 Å². The molecule has 0 spiro atoms. The number of hydrogen-bond donors (Lipinski definition) is 2. The van der Waals surface area contributed by atoms with Gasteiger partial charge in [-0.2, -0.15) is 0 Å². The second-order valence-electron chi connectivity index (χ2n) is 4.61. The van der Waals surface area contributed by atoms with Crippen molar-refractivity contribution in [2.75, 3.05) is 30.8 Å². The van der Waals surface area contributed by atoms with Gasteiger partial charge in [-0.15, -0.1) is 10.2 Å². The second kappa shape index (κ2) is 4.25. The standard InChI is InChI=1S/C11H19N5/c1-11(13-2)5-7-16(8-6-11)10-4-3-9(12)14-15-10/h3-4,13H,5-8H2,1-2H3,(H2,12,14). The summed E-state index contributed by atoms with van der Waals surface area (Å²) in [5.74, 6) is 1.40. The molecule has 0 bridgehead atoms. The van der Waals surface area contributed by atoms with Crippen LogP contribution in [-0.4, -0.2) is 35.9 Å². The lowest BCUT2D eigenvalue weighted by molar-refractivity contribution is 0.304. The van der Waals surface area contributed by atoms with Gasteiger partial charge in [0.05, 0.1) is 0 Å². The molecule has 5 heteroatoms. The lowest BCUT2D eigenvalue weighted by Gasteiger charge is -2.39. The number of rotatable bonds is 2. The molecule has 1 aliphatic heterocycles. The van der Waals surface area contributed by atoms with E-state index in [1.54, 1.807) is 6.07 Å². The first-order valence-electron chi connectivity index (χ1n) is 5.66. The Labute approximate surface area is 96.0 Å². The number of nitrogens with two attached hydrogens (primary N) is 1. The minimum Gasteiger partial charge on any atom is -0.382 e. The zero-order valence-electron chi connectivity index (χ0n) is 9.90. The Morgan fingerprint density at radius 3 is 2.50 bits per heavy atom. The van der Waals surface area contributed by atoms with Crippen molar-refractivity contribution in [3.8, 4) is 0 Å². The zero-order valence-corrected chi connectivity index (χ0v) is 9.90. The Morgan fingerprint density at radius 2 is 2.00 bits per heavy atom. The molecule has 16 heavy (non-hydrogen) atoms. The average molecular weight is 221 g/mol. The Hall–Kier alpha value is -1.36. The summed E-state index contributed by atoms with van der Waals surface area (Å²) in [5, 5.41) is 11.4. The molecular weight excluding hydrogens is 202 g/mol. The first-order chi connectivity index (χ1) is 7.63. The van der Waals surface area contributed by atoms with Crippen LogP contribution >= 0.6 is 0 Å². The third-order valence-electron chi connectivity index (χ3n) is 3.47. The van der Waals surface area contributed by atoms with Gasteiger partial charge in [0, 0.05) is 18.6 Å². The van der Waals surface area contributed by atoms with E-state index in [2.05, 4.69) is 27.3 Å². The van der Waals surface area contributed by atoms with Crippen LogP contribution < -0.4 is 16.0 Å². The highest BCUT2D eigenvalue weighted by molar-refractivity contribution is 5.41. The fourth-order valence-electron chi connectivity index (χ4n) is 1.98. The van der Waals surface area contributed by atoms with Gasteiger partial charge in [-0.1, -0.05) is 0 Å². The molecule has 1 aliphatic rings. The highest BCUT2D eigenvalue weighted by Gasteiger charge is 2.28. The van der Waals surface area contributed by atoms with Gasteiger partial charge in [-0.25, -0.2) is 0 Å². The van der Waals surface area contributed by atoms with E-state index in [-0.39, 0.29) is 5.54 Å². The lowest BCUT2D eigenvalue weighted by atomic mass is 9.90. The van der Waals surface area contributed by atoms with E-state index in [1.807, 2.05) is 13.1 Å². The predicted molar refractivity (Wildman–Crippen MR) is 65.4 cm³/mol. The maximum absolute atomic E-state index is 5.52. The summed E-state index contributed by atoms with van der Waals surface area (Å²) in [6.45, 7) is 4.28. The number of nitrogens with zero attached hydrogens (tertiary/aromatic N) is 3. The van der Waals surface area contributed by atoms with Crippen LogP contribution in [0, 0.1) is 0 Å². The van der Waals surface area contributed by atoms with Gasteiger partial charge in [0.1, 0.15) is 5.82 Å². The van der Waals surface area contributed by atoms with Crippen molar-refractivity contribution >= 4 is 11.6 Å². The van der Waals surface area contributed by atoms with Crippen molar-refractivity contribution < 1.29 is 0 Å². The van der Waals surface area contributed by atoms with Gasteiger partial charge in [-0.3, -0.25) is 0 Å². The van der Waals surface area contributed by atoms with Crippen molar-refractivity contribution in [2.45, 2.75) is 25.3 Å². The zero-order chi connectivity index (χ0) is 11.6. The minimum atomic E-state index is 0.262. The fourth-order valence-corrected chi connectivity index (χ4v) is 1.98. The van der Waals surface area contributed by atoms with Crippen LogP contribution in [0.4, 0.5) is 11.6 Å². The SMILES string of the molecule is CNC1(C)CCN(c2ccc(N)nn2)CC1. The molecule has 2 heterocycles. The molecule has 0 unspecified atom stereocenters. The molecule has 0 saturated carbocycles. The van der Waals surface area contributed by atoms with Crippen molar-refractivity contribution in [2.24, 2.45) is 0 Å². The van der Waals surface area contributed by atoms with E-state index < -0.39 is 0 Å². The molecule has 1 aromatic rings. The van der Waals surface area contributed by atoms with Gasteiger partial charge in [-0.05, 0) is 38.9 Å². The monoisotopic (exact) mass is 221 g/mol. The highest BCUT2D eigenvalue weighted by atomic mass is 15.3. The summed E-state index contributed by atoms with van der Waals surface area (Å²) in [7, 11) is 2.03. The molecule has 3 N–H and O–H groups in total. The van der Waals surface area contributed by atoms with Crippen molar-refractivity contribution in [1.82, 2.24) is 15.5 Å². The summed E-state index contributed by atoms with van der Waals surface area (Å²) in [5.41, 5.74) is 5.78. The van der Waals surface area contributed by atoms with Crippen molar-refractivity contribution in [3.05, 3.63) is 12.1 Å². The van der Waals surface area contributed by atoms with Crippen LogP contribution in [0.15, 0.2) is 12.1 Å². The maximum atomic E-state index is 5.52. The number of piperidine rings is 1. The fraction of sp³-hybridized carbons (Fsp3) is 0.636. The lowest BCUT2D eigenvalue weighted by Crippen LogP contribution is -2.50. The van der Waals surface area contributed by atoms with E-state index in [1.165, 1.54) is 0 Å². The molecule has 0 amide bonds. The van der Waals surface area contributed by atoms with Crippen molar-refractivity contribution in [3.63, 3.8) is 0 Å². The molecule has 0 aliphatic carbocycles. The molecule has 2 rings (SSSR count). The first kappa shape index (κ1) is 11.1. The van der Waals surface area contributed by atoms with Crippen LogP contribution in [0.25, 0.3) is 0 Å². The Balaban J connectivity index is 2.01. The van der Waals surface area contributed by atoms with Gasteiger partial charge in [0.2, 0.25) is 0 Å². The number of nitrogen functional groups attached to an aromatic ring is 1. The van der Waals surface area contributed by atoms with Gasteiger partial charge in [0.15, 0.2) is 5.82 Å². The highest BCUT2D eigenvalue weighted by Crippen LogP contribution is 2.24. The molecular formula is C11H19N5. The molecule has 5 nitrogen and oxygen atoms in total. The normalized spacial score (nSPS) is 19.8. The predicted octanol–water partition coefficient (Wildman–Crippen LogP) is 0.637. The molecule has 88 valence electrons. The van der Waals surface area contributed by atoms with E-state index >= 15 is 0 Å². The molecule has 0 atom stereocenters. The molecule has 1 saturated heterocycles. The summed E-state index contributed by atoms with van der Waals surface area (Å²) in [6.07, 6.45) is 2.24. The Kier molecular flexibility index (Phi) is 2.96. The number of nitrogens with one attached hydrogen (secondary N) is 1. The largest absolute Gasteiger partial charge is 0.382 e. The van der Waals surface area contributed by atoms with E-state index in [4.69, 9.17) is 5.73 Å². The van der Waals surface area contributed by atoms with Crippen LogP contribution in [0.3, 0.4) is 0 Å². The summed E-state index contributed by atoms with van der Waals surface area (Å²) < 4.78 is 0. The second-order valence-corrected chi connectivity index (χ2v) is 4.61.